The quantitative estimate of drug-likeness (QED) is 0.144. The van der Waals surface area contributed by atoms with Crippen LogP contribution in [0.1, 0.15) is 39.7 Å². The van der Waals surface area contributed by atoms with Crippen molar-refractivity contribution < 1.29 is 46.8 Å². The van der Waals surface area contributed by atoms with Crippen LogP contribution in [0, 0.1) is 6.92 Å². The van der Waals surface area contributed by atoms with Crippen LogP contribution in [0.25, 0.3) is 21.8 Å². The smallest absolute Gasteiger partial charge is 0.315 e. The van der Waals surface area contributed by atoms with Gasteiger partial charge in [0.1, 0.15) is 16.6 Å². The Bertz CT molecular complexity index is 2960. The highest BCUT2D eigenvalue weighted by atomic mass is 79.9. The summed E-state index contributed by atoms with van der Waals surface area (Å²) in [5.74, 6) is -0.898. The zero-order valence-electron chi connectivity index (χ0n) is 32.6. The van der Waals surface area contributed by atoms with Gasteiger partial charge in [0.15, 0.2) is 23.0 Å². The molecule has 308 valence electrons. The molecule has 16 heteroatoms. The molecule has 13 nitrogen and oxygen atoms in total. The Morgan fingerprint density at radius 2 is 1.20 bits per heavy atom. The molecule has 2 aliphatic heterocycles. The van der Waals surface area contributed by atoms with E-state index in [1.807, 2.05) is 78.9 Å². The zero-order chi connectivity index (χ0) is 42.5. The Morgan fingerprint density at radius 3 is 1.72 bits per heavy atom. The molecule has 4 heterocycles. The Hall–Kier alpha value is -5.97. The summed E-state index contributed by atoms with van der Waals surface area (Å²) >= 11 is 6.97. The lowest BCUT2D eigenvalue weighted by Crippen LogP contribution is -2.35. The van der Waals surface area contributed by atoms with Crippen LogP contribution >= 0.6 is 31.9 Å². The second-order valence-electron chi connectivity index (χ2n) is 14.3. The van der Waals surface area contributed by atoms with Gasteiger partial charge in [0.2, 0.25) is 19.5 Å². The van der Waals surface area contributed by atoms with Crippen LogP contribution in [0.3, 0.4) is 0 Å². The normalized spacial score (nSPS) is 13.8. The number of carboxylic acid groups (broad SMARTS) is 1. The predicted molar refractivity (Wildman–Crippen MR) is 231 cm³/mol. The number of amides is 1. The van der Waals surface area contributed by atoms with E-state index in [9.17, 15) is 23.1 Å². The molecule has 0 aliphatic carbocycles. The molecule has 2 unspecified atom stereocenters. The summed E-state index contributed by atoms with van der Waals surface area (Å²) in [5, 5.41) is 11.6. The summed E-state index contributed by atoms with van der Waals surface area (Å²) in [7, 11) is 0.937. The largest absolute Gasteiger partial charge is 0.495 e. The van der Waals surface area contributed by atoms with E-state index in [0.29, 0.717) is 39.7 Å². The molecule has 2 aromatic heterocycles. The first-order valence-electron chi connectivity index (χ1n) is 18.4. The zero-order valence-corrected chi connectivity index (χ0v) is 36.6. The molecule has 2 N–H and O–H groups in total. The third-order valence-corrected chi connectivity index (χ3v) is 12.8. The van der Waals surface area contributed by atoms with E-state index in [1.165, 1.54) is 13.2 Å². The van der Waals surface area contributed by atoms with Crippen LogP contribution in [0.2, 0.25) is 0 Å². The van der Waals surface area contributed by atoms with Crippen molar-refractivity contribution >= 4 is 75.6 Å². The van der Waals surface area contributed by atoms with Crippen molar-refractivity contribution in [2.45, 2.75) is 23.7 Å². The van der Waals surface area contributed by atoms with Gasteiger partial charge in [-0.25, -0.2) is 13.1 Å². The maximum absolute atomic E-state index is 13.8. The average Bonchev–Trinajstić information content (AvgIpc) is 4.01. The van der Waals surface area contributed by atoms with Crippen LogP contribution < -0.4 is 28.4 Å². The number of carbonyl (C=O) groups excluding carboxylic acids is 1. The van der Waals surface area contributed by atoms with Crippen LogP contribution in [-0.4, -0.2) is 55.2 Å². The van der Waals surface area contributed by atoms with Gasteiger partial charge in [0.25, 0.3) is 10.0 Å². The van der Waals surface area contributed by atoms with Crippen molar-refractivity contribution in [1.29, 1.82) is 0 Å². The molecule has 0 saturated heterocycles. The molecule has 0 bridgehead atoms. The Morgan fingerprint density at radius 1 is 0.700 bits per heavy atom. The molecule has 0 fully saturated rings. The van der Waals surface area contributed by atoms with E-state index in [0.717, 1.165) is 41.9 Å². The van der Waals surface area contributed by atoms with Gasteiger partial charge in [-0.3, -0.25) is 9.59 Å². The van der Waals surface area contributed by atoms with Gasteiger partial charge in [-0.2, -0.15) is 0 Å². The summed E-state index contributed by atoms with van der Waals surface area (Å²) in [4.78, 5) is 25.7. The summed E-state index contributed by atoms with van der Waals surface area (Å²) in [6, 6.07) is 26.8. The maximum atomic E-state index is 13.8. The van der Waals surface area contributed by atoms with Gasteiger partial charge >= 0.3 is 5.97 Å². The van der Waals surface area contributed by atoms with Crippen LogP contribution in [0.15, 0.2) is 117 Å². The van der Waals surface area contributed by atoms with E-state index in [1.54, 1.807) is 48.5 Å². The minimum Gasteiger partial charge on any atom is -0.495 e. The first-order valence-corrected chi connectivity index (χ1v) is 21.5. The molecule has 0 radical (unpaired) electrons. The van der Waals surface area contributed by atoms with Crippen molar-refractivity contribution in [1.82, 2.24) is 13.9 Å². The number of ether oxygens (including phenoxy) is 5. The molecule has 2 atom stereocenters. The summed E-state index contributed by atoms with van der Waals surface area (Å²) in [6.07, 6.45) is 3.71. The highest BCUT2D eigenvalue weighted by Gasteiger charge is 2.33. The highest BCUT2D eigenvalue weighted by molar-refractivity contribution is 9.10. The lowest BCUT2D eigenvalue weighted by Gasteiger charge is -2.19. The Labute approximate surface area is 361 Å². The number of benzene rings is 5. The van der Waals surface area contributed by atoms with Crippen molar-refractivity contribution in [3.8, 4) is 28.7 Å². The molecular weight excluding hydrogens is 922 g/mol. The number of hydrogen-bond acceptors (Lipinski definition) is 9. The number of sulfonamides is 1. The highest BCUT2D eigenvalue weighted by Crippen LogP contribution is 2.41. The summed E-state index contributed by atoms with van der Waals surface area (Å²) in [5.41, 5.74) is 5.35. The van der Waals surface area contributed by atoms with Crippen LogP contribution in [0.5, 0.6) is 28.7 Å². The van der Waals surface area contributed by atoms with Gasteiger partial charge in [-0.1, -0.05) is 50.1 Å². The number of carboxylic acids is 1. The maximum Gasteiger partial charge on any atom is 0.315 e. The molecule has 0 saturated carbocycles. The van der Waals surface area contributed by atoms with Gasteiger partial charge in [0, 0.05) is 57.2 Å². The van der Waals surface area contributed by atoms with E-state index in [2.05, 4.69) is 36.6 Å². The molecule has 2 aliphatic rings. The Kier molecular flexibility index (Phi) is 11.0. The van der Waals surface area contributed by atoms with Crippen molar-refractivity contribution in [3.05, 3.63) is 140 Å². The van der Waals surface area contributed by atoms with Crippen molar-refractivity contribution in [2.24, 2.45) is 14.1 Å². The monoisotopic (exact) mass is 957 g/mol. The third kappa shape index (κ3) is 7.77. The fourth-order valence-corrected chi connectivity index (χ4v) is 9.47. The first-order chi connectivity index (χ1) is 28.7. The fourth-order valence-electron chi connectivity index (χ4n) is 7.61. The van der Waals surface area contributed by atoms with Gasteiger partial charge in [-0.05, 0) is 108 Å². The molecule has 5 aromatic carbocycles. The van der Waals surface area contributed by atoms with Crippen molar-refractivity contribution in [3.63, 3.8) is 0 Å². The number of fused-ring (bicyclic) bond motifs is 4. The third-order valence-electron chi connectivity index (χ3n) is 10.4. The van der Waals surface area contributed by atoms with Gasteiger partial charge in [0.05, 0.1) is 13.0 Å². The number of methoxy groups -OCH3 is 1. The van der Waals surface area contributed by atoms with Gasteiger partial charge < -0.3 is 37.9 Å². The molecule has 0 spiro atoms. The topological polar surface area (TPSA) is 157 Å². The number of aryl methyl sites for hydroxylation is 3. The number of carbonyl (C=O) groups is 2. The number of nitrogens with one attached hydrogen (secondary N) is 1. The second kappa shape index (κ2) is 16.2. The van der Waals surface area contributed by atoms with Gasteiger partial charge in [-0.15, -0.1) is 0 Å². The second-order valence-corrected chi connectivity index (χ2v) is 17.7. The molecule has 9 rings (SSSR count). The predicted octanol–water partition coefficient (Wildman–Crippen LogP) is 8.51. The Balaban J connectivity index is 0.000000180. The summed E-state index contributed by atoms with van der Waals surface area (Å²) in [6.45, 7) is 2.07. The number of hydrogen-bond donors (Lipinski definition) is 2. The van der Waals surface area contributed by atoms with E-state index < -0.39 is 33.7 Å². The molecule has 1 amide bonds. The fraction of sp³-hybridized carbons (Fsp3) is 0.182. The minimum absolute atomic E-state index is 0.0818. The molecule has 7 aromatic rings. The average molecular weight is 960 g/mol. The lowest BCUT2D eigenvalue weighted by molar-refractivity contribution is -0.137. The van der Waals surface area contributed by atoms with Crippen molar-refractivity contribution in [2.75, 3.05) is 20.7 Å². The number of aliphatic carboxylic acids is 1. The minimum atomic E-state index is -4.24. The first kappa shape index (κ1) is 40.8. The number of halogens is 2. The summed E-state index contributed by atoms with van der Waals surface area (Å²) < 4.78 is 61.5. The standard InChI is InChI=1S/C26H23BrN2O6S.C18H14BrNO4/c1-15-4-9-24(23(10-15)33-3)36(31,32)28-26(30)25(16-5-8-21-22(11-16)35-14-34-21)19-13-29(2)20-7-6-17(27)12-18(19)20;1-20-8-13(12-7-11(19)3-4-14(12)20)17(18(21)22)10-2-5-15-16(6-10)24-9-23-15/h4-13,25H,14H2,1-3H3,(H,28,30);2-8,17H,9H2,1H3,(H,21,22). The molecule has 60 heavy (non-hydrogen) atoms. The number of aromatic nitrogens is 2. The van der Waals surface area contributed by atoms with E-state index in [-0.39, 0.29) is 24.2 Å². The lowest BCUT2D eigenvalue weighted by atomic mass is 9.90. The van der Waals surface area contributed by atoms with Crippen LogP contribution in [0.4, 0.5) is 0 Å². The number of rotatable bonds is 9. The molecular formula is C44H37Br2N3O10S. The number of nitrogens with zero attached hydrogens (tertiary/aromatic N) is 2. The SMILES string of the molecule is COc1cc(C)ccc1S(=O)(=O)NC(=O)C(c1ccc2c(c1)OCO2)c1cn(C)c2ccc(Br)cc12.Cn1cc(C(C(=O)O)c2ccc3c(c2)OCO3)c2cc(Br)ccc21. The van der Waals surface area contributed by atoms with E-state index in [4.69, 9.17) is 23.7 Å². The van der Waals surface area contributed by atoms with Crippen LogP contribution in [-0.2, 0) is 33.7 Å². The van der Waals surface area contributed by atoms with E-state index >= 15 is 0 Å².